The summed E-state index contributed by atoms with van der Waals surface area (Å²) in [6.45, 7) is 2.44. The molecule has 8 heteroatoms. The zero-order valence-corrected chi connectivity index (χ0v) is 12.7. The number of anilines is 1. The Morgan fingerprint density at radius 2 is 2.10 bits per heavy atom. The Hall–Kier alpha value is -2.22. The highest BCUT2D eigenvalue weighted by Crippen LogP contribution is 2.31. The molecule has 0 aliphatic heterocycles. The lowest BCUT2D eigenvalue weighted by Gasteiger charge is -2.20. The Bertz CT molecular complexity index is 670. The Labute approximate surface area is 126 Å². The molecule has 0 atom stereocenters. The number of carbonyl (C=O) groups excluding carboxylic acids is 2. The molecule has 21 heavy (non-hydrogen) atoms. The molecule has 0 bridgehead atoms. The van der Waals surface area contributed by atoms with Crippen molar-refractivity contribution in [3.05, 3.63) is 17.3 Å². The molecule has 112 valence electrons. The number of fused-ring (bicyclic) bond motifs is 1. The maximum atomic E-state index is 12.6. The minimum Gasteiger partial charge on any atom is -0.396 e. The van der Waals surface area contributed by atoms with Crippen LogP contribution in [-0.4, -0.2) is 46.8 Å². The standard InChI is InChI=1S/C13H17N5O2S/c1-3-6-18(7-8(19)15-2)13(20)11-9(14)10-12(21-11)17-5-4-16-10/h4-5H,3,6-7,14H2,1-2H3,(H,15,19). The second-order valence-corrected chi connectivity index (χ2v) is 5.45. The van der Waals surface area contributed by atoms with Gasteiger partial charge < -0.3 is 16.0 Å². The van der Waals surface area contributed by atoms with Crippen LogP contribution in [-0.2, 0) is 4.79 Å². The molecule has 2 amide bonds. The zero-order valence-electron chi connectivity index (χ0n) is 11.9. The average Bonchev–Trinajstić information content (AvgIpc) is 2.83. The van der Waals surface area contributed by atoms with Gasteiger partial charge in [-0.3, -0.25) is 9.59 Å². The molecule has 2 rings (SSSR count). The van der Waals surface area contributed by atoms with Crippen LogP contribution in [0.4, 0.5) is 5.69 Å². The normalized spacial score (nSPS) is 10.6. The molecule has 0 spiro atoms. The third-order valence-corrected chi connectivity index (χ3v) is 4.04. The second-order valence-electron chi connectivity index (χ2n) is 4.45. The van der Waals surface area contributed by atoms with Crippen molar-refractivity contribution in [1.29, 1.82) is 0 Å². The number of likely N-dealkylation sites (N-methyl/N-ethyl adjacent to an activating group) is 1. The molecule has 7 nitrogen and oxygen atoms in total. The second kappa shape index (κ2) is 6.49. The largest absolute Gasteiger partial charge is 0.396 e. The van der Waals surface area contributed by atoms with Gasteiger partial charge in [-0.1, -0.05) is 6.92 Å². The summed E-state index contributed by atoms with van der Waals surface area (Å²) >= 11 is 1.20. The fourth-order valence-corrected chi connectivity index (χ4v) is 2.91. The van der Waals surface area contributed by atoms with E-state index in [1.165, 1.54) is 22.4 Å². The summed E-state index contributed by atoms with van der Waals surface area (Å²) < 4.78 is 0. The number of hydrogen-bond donors (Lipinski definition) is 2. The fourth-order valence-electron chi connectivity index (χ4n) is 1.92. The third kappa shape index (κ3) is 3.10. The molecule has 0 aliphatic rings. The first kappa shape index (κ1) is 15.2. The molecule has 2 heterocycles. The van der Waals surface area contributed by atoms with Crippen molar-refractivity contribution in [1.82, 2.24) is 20.2 Å². The minimum absolute atomic E-state index is 0.0116. The summed E-state index contributed by atoms with van der Waals surface area (Å²) in [4.78, 5) is 34.9. The summed E-state index contributed by atoms with van der Waals surface area (Å²) in [6.07, 6.45) is 3.85. The number of rotatable bonds is 5. The van der Waals surface area contributed by atoms with E-state index >= 15 is 0 Å². The van der Waals surface area contributed by atoms with Gasteiger partial charge in [-0.25, -0.2) is 9.97 Å². The van der Waals surface area contributed by atoms with Crippen LogP contribution in [0.2, 0.25) is 0 Å². The summed E-state index contributed by atoms with van der Waals surface area (Å²) in [5.74, 6) is -0.476. The number of thiophene rings is 1. The minimum atomic E-state index is -0.261. The van der Waals surface area contributed by atoms with Crippen molar-refractivity contribution in [3.63, 3.8) is 0 Å². The van der Waals surface area contributed by atoms with Gasteiger partial charge in [0.05, 0.1) is 12.2 Å². The smallest absolute Gasteiger partial charge is 0.266 e. The van der Waals surface area contributed by atoms with Gasteiger partial charge in [0.1, 0.15) is 15.2 Å². The highest BCUT2D eigenvalue weighted by molar-refractivity contribution is 7.21. The number of nitrogen functional groups attached to an aromatic ring is 1. The van der Waals surface area contributed by atoms with Gasteiger partial charge in [0.2, 0.25) is 5.91 Å². The predicted molar refractivity (Wildman–Crippen MR) is 82.1 cm³/mol. The maximum Gasteiger partial charge on any atom is 0.266 e. The number of amides is 2. The van der Waals surface area contributed by atoms with Gasteiger partial charge >= 0.3 is 0 Å². The van der Waals surface area contributed by atoms with E-state index in [0.29, 0.717) is 27.5 Å². The summed E-state index contributed by atoms with van der Waals surface area (Å²) in [7, 11) is 1.54. The van der Waals surface area contributed by atoms with E-state index in [0.717, 1.165) is 6.42 Å². The first-order chi connectivity index (χ1) is 10.1. The first-order valence-corrected chi connectivity index (χ1v) is 7.39. The molecule has 0 saturated carbocycles. The quantitative estimate of drug-likeness (QED) is 0.853. The first-order valence-electron chi connectivity index (χ1n) is 6.57. The fraction of sp³-hybridized carbons (Fsp3) is 0.385. The molecule has 0 aliphatic carbocycles. The van der Waals surface area contributed by atoms with E-state index < -0.39 is 0 Å². The van der Waals surface area contributed by atoms with Gasteiger partial charge in [-0.2, -0.15) is 0 Å². The Balaban J connectivity index is 2.34. The Morgan fingerprint density at radius 1 is 1.38 bits per heavy atom. The Kier molecular flexibility index (Phi) is 4.69. The lowest BCUT2D eigenvalue weighted by Crippen LogP contribution is -2.40. The molecule has 2 aromatic heterocycles. The van der Waals surface area contributed by atoms with Gasteiger partial charge in [-0.05, 0) is 6.42 Å². The van der Waals surface area contributed by atoms with E-state index in [9.17, 15) is 9.59 Å². The van der Waals surface area contributed by atoms with Gasteiger partial charge in [-0.15, -0.1) is 11.3 Å². The molecule has 2 aromatic rings. The number of carbonyl (C=O) groups is 2. The van der Waals surface area contributed by atoms with Crippen molar-refractivity contribution >= 4 is 39.2 Å². The molecular weight excluding hydrogens is 290 g/mol. The zero-order chi connectivity index (χ0) is 15.4. The summed E-state index contributed by atoms with van der Waals surface area (Å²) in [6, 6.07) is 0. The van der Waals surface area contributed by atoms with Crippen LogP contribution in [0.25, 0.3) is 10.3 Å². The van der Waals surface area contributed by atoms with Crippen molar-refractivity contribution in [3.8, 4) is 0 Å². The van der Waals surface area contributed by atoms with E-state index in [2.05, 4.69) is 15.3 Å². The van der Waals surface area contributed by atoms with Gasteiger partial charge in [0.25, 0.3) is 5.91 Å². The van der Waals surface area contributed by atoms with Crippen LogP contribution in [0.3, 0.4) is 0 Å². The van der Waals surface area contributed by atoms with Crippen molar-refractivity contribution in [2.24, 2.45) is 0 Å². The van der Waals surface area contributed by atoms with E-state index in [4.69, 9.17) is 5.73 Å². The average molecular weight is 307 g/mol. The van der Waals surface area contributed by atoms with Crippen molar-refractivity contribution in [2.75, 3.05) is 25.9 Å². The molecule has 3 N–H and O–H groups in total. The number of hydrogen-bond acceptors (Lipinski definition) is 6. The molecule has 0 saturated heterocycles. The lowest BCUT2D eigenvalue weighted by atomic mass is 10.3. The van der Waals surface area contributed by atoms with Crippen LogP contribution < -0.4 is 11.1 Å². The molecule has 0 radical (unpaired) electrons. The number of nitrogens with zero attached hydrogens (tertiary/aromatic N) is 3. The SMILES string of the molecule is CCCN(CC(=O)NC)C(=O)c1sc2nccnc2c1N. The lowest BCUT2D eigenvalue weighted by molar-refractivity contribution is -0.121. The molecule has 0 unspecified atom stereocenters. The topological polar surface area (TPSA) is 101 Å². The highest BCUT2D eigenvalue weighted by Gasteiger charge is 2.24. The predicted octanol–water partition coefficient (Wildman–Crippen LogP) is 0.872. The highest BCUT2D eigenvalue weighted by atomic mass is 32.1. The van der Waals surface area contributed by atoms with E-state index in [1.54, 1.807) is 13.2 Å². The molecule has 0 aromatic carbocycles. The van der Waals surface area contributed by atoms with Crippen LogP contribution in [0.1, 0.15) is 23.0 Å². The van der Waals surface area contributed by atoms with Gasteiger partial charge in [0.15, 0.2) is 0 Å². The summed E-state index contributed by atoms with van der Waals surface area (Å²) in [5, 5.41) is 2.52. The number of nitrogens with two attached hydrogens (primary N) is 1. The summed E-state index contributed by atoms with van der Waals surface area (Å²) in [5.41, 5.74) is 6.85. The molecular formula is C13H17N5O2S. The van der Waals surface area contributed by atoms with E-state index in [1.807, 2.05) is 6.92 Å². The maximum absolute atomic E-state index is 12.6. The van der Waals surface area contributed by atoms with Crippen molar-refractivity contribution < 1.29 is 9.59 Å². The van der Waals surface area contributed by atoms with Crippen LogP contribution in [0, 0.1) is 0 Å². The third-order valence-electron chi connectivity index (χ3n) is 2.95. The number of aromatic nitrogens is 2. The van der Waals surface area contributed by atoms with Crippen molar-refractivity contribution in [2.45, 2.75) is 13.3 Å². The molecule has 0 fully saturated rings. The monoisotopic (exact) mass is 307 g/mol. The van der Waals surface area contributed by atoms with Crippen LogP contribution in [0.15, 0.2) is 12.4 Å². The van der Waals surface area contributed by atoms with Gasteiger partial charge in [0, 0.05) is 26.0 Å². The Morgan fingerprint density at radius 3 is 2.71 bits per heavy atom. The van der Waals surface area contributed by atoms with Crippen LogP contribution >= 0.6 is 11.3 Å². The van der Waals surface area contributed by atoms with Crippen LogP contribution in [0.5, 0.6) is 0 Å². The number of nitrogens with one attached hydrogen (secondary N) is 1. The van der Waals surface area contributed by atoms with E-state index in [-0.39, 0.29) is 18.4 Å².